The second-order valence-corrected chi connectivity index (χ2v) is 5.83. The van der Waals surface area contributed by atoms with Crippen molar-refractivity contribution in [3.63, 3.8) is 0 Å². The maximum atomic E-state index is 12.6. The van der Waals surface area contributed by atoms with Crippen molar-refractivity contribution in [3.8, 4) is 0 Å². The monoisotopic (exact) mass is 311 g/mol. The Kier molecular flexibility index (Phi) is 7.66. The molecule has 0 aromatic carbocycles. The van der Waals surface area contributed by atoms with Crippen molar-refractivity contribution >= 4 is 30.7 Å². The van der Waals surface area contributed by atoms with Crippen molar-refractivity contribution in [1.29, 1.82) is 0 Å². The van der Waals surface area contributed by atoms with E-state index in [0.29, 0.717) is 6.04 Å². The van der Waals surface area contributed by atoms with Crippen LogP contribution in [0.4, 0.5) is 0 Å². The van der Waals surface area contributed by atoms with E-state index in [4.69, 9.17) is 5.73 Å². The Bertz CT molecular complexity index is 296. The highest BCUT2D eigenvalue weighted by molar-refractivity contribution is 5.86. The van der Waals surface area contributed by atoms with Crippen LogP contribution in [0.1, 0.15) is 39.0 Å². The Morgan fingerprint density at radius 2 is 1.74 bits per heavy atom. The summed E-state index contributed by atoms with van der Waals surface area (Å²) in [5.41, 5.74) is 5.76. The van der Waals surface area contributed by atoms with E-state index in [1.165, 1.54) is 6.42 Å². The minimum absolute atomic E-state index is 0. The molecule has 1 saturated heterocycles. The summed E-state index contributed by atoms with van der Waals surface area (Å²) < 4.78 is 0. The second kappa shape index (κ2) is 7.67. The lowest BCUT2D eigenvalue weighted by atomic mass is 9.81. The first kappa shape index (κ1) is 19.0. The van der Waals surface area contributed by atoms with Gasteiger partial charge in [0.15, 0.2) is 0 Å². The largest absolute Gasteiger partial charge is 0.336 e. The van der Waals surface area contributed by atoms with Crippen molar-refractivity contribution in [2.24, 2.45) is 5.73 Å². The molecular weight excluding hydrogens is 285 g/mol. The van der Waals surface area contributed by atoms with E-state index >= 15 is 0 Å². The van der Waals surface area contributed by atoms with Gasteiger partial charge in [-0.2, -0.15) is 0 Å². The molecule has 2 rings (SSSR count). The molecule has 1 amide bonds. The van der Waals surface area contributed by atoms with E-state index in [1.54, 1.807) is 0 Å². The maximum Gasteiger partial charge on any atom is 0.242 e. The van der Waals surface area contributed by atoms with Gasteiger partial charge < -0.3 is 15.5 Å². The number of carbonyl (C=O) groups excluding carboxylic acids is 1. The van der Waals surface area contributed by atoms with E-state index in [2.05, 4.69) is 18.9 Å². The molecule has 0 spiro atoms. The number of piperazine rings is 1. The third kappa shape index (κ3) is 4.22. The van der Waals surface area contributed by atoms with Crippen molar-refractivity contribution in [1.82, 2.24) is 9.80 Å². The molecule has 2 N–H and O–H groups in total. The molecule has 6 heteroatoms. The highest BCUT2D eigenvalue weighted by Crippen LogP contribution is 2.28. The number of rotatable bonds is 1. The summed E-state index contributed by atoms with van der Waals surface area (Å²) in [5, 5.41) is 0. The number of hydrogen-bond acceptors (Lipinski definition) is 3. The van der Waals surface area contributed by atoms with E-state index in [1.807, 2.05) is 4.90 Å². The lowest BCUT2D eigenvalue weighted by molar-refractivity contribution is -0.142. The molecule has 2 fully saturated rings. The van der Waals surface area contributed by atoms with Gasteiger partial charge in [-0.15, -0.1) is 24.8 Å². The zero-order valence-electron chi connectivity index (χ0n) is 11.9. The van der Waals surface area contributed by atoms with Crippen LogP contribution in [-0.2, 0) is 4.79 Å². The molecule has 19 heavy (non-hydrogen) atoms. The fourth-order valence-electron chi connectivity index (χ4n) is 3.12. The summed E-state index contributed by atoms with van der Waals surface area (Å²) in [5.74, 6) is 0.192. The molecule has 1 saturated carbocycles. The number of nitrogens with zero attached hydrogens (tertiary/aromatic N) is 2. The highest BCUT2D eigenvalue weighted by Gasteiger charge is 2.40. The smallest absolute Gasteiger partial charge is 0.242 e. The first-order valence-corrected chi connectivity index (χ1v) is 6.81. The van der Waals surface area contributed by atoms with Crippen LogP contribution in [0.25, 0.3) is 0 Å². The maximum absolute atomic E-state index is 12.6. The van der Waals surface area contributed by atoms with Gasteiger partial charge in [-0.05, 0) is 26.8 Å². The summed E-state index contributed by atoms with van der Waals surface area (Å²) in [6, 6.07) is 0.295. The average Bonchev–Trinajstić information content (AvgIpc) is 2.29. The first-order chi connectivity index (χ1) is 8.03. The molecule has 0 aromatic rings. The van der Waals surface area contributed by atoms with Gasteiger partial charge in [-0.1, -0.05) is 19.3 Å². The van der Waals surface area contributed by atoms with Gasteiger partial charge in [0, 0.05) is 25.7 Å². The lowest BCUT2D eigenvalue weighted by Crippen LogP contribution is -2.62. The topological polar surface area (TPSA) is 49.6 Å². The van der Waals surface area contributed by atoms with Crippen molar-refractivity contribution < 1.29 is 4.79 Å². The standard InChI is InChI=1S/C13H25N3O.2ClH/c1-11-10-15(2)8-9-16(11)12(17)13(14)6-4-3-5-7-13;;/h11H,3-10,14H2,1-2H3;2*1H. The highest BCUT2D eigenvalue weighted by atomic mass is 35.5. The van der Waals surface area contributed by atoms with Gasteiger partial charge >= 0.3 is 0 Å². The predicted octanol–water partition coefficient (Wildman–Crippen LogP) is 1.65. The van der Waals surface area contributed by atoms with Crippen LogP contribution in [-0.4, -0.2) is 54.0 Å². The number of carbonyl (C=O) groups is 1. The Morgan fingerprint density at radius 3 is 2.26 bits per heavy atom. The molecule has 1 heterocycles. The number of amides is 1. The average molecular weight is 312 g/mol. The molecule has 4 nitrogen and oxygen atoms in total. The summed E-state index contributed by atoms with van der Waals surface area (Å²) in [6.07, 6.45) is 5.16. The van der Waals surface area contributed by atoms with Gasteiger partial charge in [0.2, 0.25) is 5.91 Å². The lowest BCUT2D eigenvalue weighted by Gasteiger charge is -2.43. The van der Waals surface area contributed by atoms with Crippen molar-refractivity contribution in [2.75, 3.05) is 26.7 Å². The van der Waals surface area contributed by atoms with E-state index < -0.39 is 5.54 Å². The second-order valence-electron chi connectivity index (χ2n) is 5.83. The molecule has 1 aliphatic carbocycles. The molecule has 0 aromatic heterocycles. The van der Waals surface area contributed by atoms with Crippen LogP contribution in [0.3, 0.4) is 0 Å². The fraction of sp³-hybridized carbons (Fsp3) is 0.923. The van der Waals surface area contributed by atoms with Crippen molar-refractivity contribution in [2.45, 2.75) is 50.6 Å². The van der Waals surface area contributed by atoms with Gasteiger partial charge in [0.05, 0.1) is 5.54 Å². The zero-order chi connectivity index (χ0) is 12.5. The zero-order valence-corrected chi connectivity index (χ0v) is 13.6. The molecule has 1 unspecified atom stereocenters. The van der Waals surface area contributed by atoms with Gasteiger partial charge in [-0.25, -0.2) is 0 Å². The number of nitrogens with two attached hydrogens (primary N) is 1. The minimum Gasteiger partial charge on any atom is -0.336 e. The summed E-state index contributed by atoms with van der Waals surface area (Å²) >= 11 is 0. The quantitative estimate of drug-likeness (QED) is 0.801. The Hall–Kier alpha value is -0.0300. The van der Waals surface area contributed by atoms with Gasteiger partial charge in [0.1, 0.15) is 0 Å². The molecule has 1 aliphatic heterocycles. The van der Waals surface area contributed by atoms with Gasteiger partial charge in [0.25, 0.3) is 0 Å². The van der Waals surface area contributed by atoms with Crippen LogP contribution < -0.4 is 5.73 Å². The third-order valence-electron chi connectivity index (χ3n) is 4.26. The number of likely N-dealkylation sites (N-methyl/N-ethyl adjacent to an activating group) is 1. The third-order valence-corrected chi connectivity index (χ3v) is 4.26. The Morgan fingerprint density at radius 1 is 1.16 bits per heavy atom. The van der Waals surface area contributed by atoms with E-state index in [-0.39, 0.29) is 30.7 Å². The van der Waals surface area contributed by atoms with E-state index in [0.717, 1.165) is 45.3 Å². The van der Waals surface area contributed by atoms with E-state index in [9.17, 15) is 4.79 Å². The summed E-state index contributed by atoms with van der Waals surface area (Å²) in [7, 11) is 2.11. The molecule has 114 valence electrons. The number of halogens is 2. The summed E-state index contributed by atoms with van der Waals surface area (Å²) in [4.78, 5) is 16.9. The van der Waals surface area contributed by atoms with Crippen molar-refractivity contribution in [3.05, 3.63) is 0 Å². The molecule has 0 radical (unpaired) electrons. The van der Waals surface area contributed by atoms with Crippen LogP contribution in [0, 0.1) is 0 Å². The van der Waals surface area contributed by atoms with Crippen LogP contribution in [0.5, 0.6) is 0 Å². The Labute approximate surface area is 128 Å². The molecule has 0 bridgehead atoms. The van der Waals surface area contributed by atoms with Crippen LogP contribution in [0.15, 0.2) is 0 Å². The Balaban J connectivity index is 0.00000162. The number of hydrogen-bond donors (Lipinski definition) is 1. The first-order valence-electron chi connectivity index (χ1n) is 6.81. The molecule has 2 aliphatic rings. The normalized spacial score (nSPS) is 27.1. The fourth-order valence-corrected chi connectivity index (χ4v) is 3.12. The summed E-state index contributed by atoms with van der Waals surface area (Å²) in [6.45, 7) is 4.88. The van der Waals surface area contributed by atoms with Crippen LogP contribution in [0.2, 0.25) is 0 Å². The predicted molar refractivity (Wildman–Crippen MR) is 83.2 cm³/mol. The SMILES string of the molecule is CC1CN(C)CCN1C(=O)C1(N)CCCCC1.Cl.Cl. The minimum atomic E-state index is -0.567. The molecule has 1 atom stereocenters. The van der Waals surface area contributed by atoms with Gasteiger partial charge in [-0.3, -0.25) is 4.79 Å². The molecular formula is C13H27Cl2N3O. The van der Waals surface area contributed by atoms with Crippen LogP contribution >= 0.6 is 24.8 Å².